The first-order chi connectivity index (χ1) is 12.8. The standard InChI is InChI=1S/C19H16Cl2FNO4/c1-11-3-6-13(20)19(18(11)21)23-16(24)10-27-17(25)8-5-12-4-7-15(26-2)14(22)9-12/h3-9H,10H2,1-2H3,(H,23,24)/b8-5+. The summed E-state index contributed by atoms with van der Waals surface area (Å²) in [5, 5.41) is 3.08. The molecule has 2 aromatic rings. The van der Waals surface area contributed by atoms with E-state index >= 15 is 0 Å². The monoisotopic (exact) mass is 411 g/mol. The van der Waals surface area contributed by atoms with Gasteiger partial charge >= 0.3 is 5.97 Å². The van der Waals surface area contributed by atoms with Crippen LogP contribution in [0.3, 0.4) is 0 Å². The van der Waals surface area contributed by atoms with Crippen LogP contribution in [0.15, 0.2) is 36.4 Å². The first kappa shape index (κ1) is 20.7. The number of carbonyl (C=O) groups excluding carboxylic acids is 2. The van der Waals surface area contributed by atoms with E-state index in [-0.39, 0.29) is 16.5 Å². The summed E-state index contributed by atoms with van der Waals surface area (Å²) in [5.74, 6) is -1.82. The molecule has 2 aromatic carbocycles. The molecule has 5 nitrogen and oxygen atoms in total. The summed E-state index contributed by atoms with van der Waals surface area (Å²) in [7, 11) is 1.35. The predicted octanol–water partition coefficient (Wildman–Crippen LogP) is 4.64. The zero-order chi connectivity index (χ0) is 20.0. The zero-order valence-corrected chi connectivity index (χ0v) is 16.0. The summed E-state index contributed by atoms with van der Waals surface area (Å²) in [5.41, 5.74) is 1.43. The van der Waals surface area contributed by atoms with Gasteiger partial charge in [0.2, 0.25) is 0 Å². The molecule has 0 saturated carbocycles. The van der Waals surface area contributed by atoms with Gasteiger partial charge < -0.3 is 14.8 Å². The number of halogens is 3. The fourth-order valence-corrected chi connectivity index (χ4v) is 2.55. The van der Waals surface area contributed by atoms with Crippen LogP contribution in [0.2, 0.25) is 10.0 Å². The van der Waals surface area contributed by atoms with Crippen molar-refractivity contribution in [2.45, 2.75) is 6.92 Å². The molecule has 0 saturated heterocycles. The van der Waals surface area contributed by atoms with Gasteiger partial charge in [-0.3, -0.25) is 4.79 Å². The van der Waals surface area contributed by atoms with Gasteiger partial charge in [0.25, 0.3) is 5.91 Å². The number of nitrogens with one attached hydrogen (secondary N) is 1. The third-order valence-electron chi connectivity index (χ3n) is 3.48. The van der Waals surface area contributed by atoms with E-state index < -0.39 is 24.3 Å². The van der Waals surface area contributed by atoms with Gasteiger partial charge in [0.05, 0.1) is 22.8 Å². The lowest BCUT2D eigenvalue weighted by atomic mass is 10.2. The van der Waals surface area contributed by atoms with E-state index in [9.17, 15) is 14.0 Å². The van der Waals surface area contributed by atoms with E-state index in [4.69, 9.17) is 32.7 Å². The Kier molecular flexibility index (Phi) is 7.21. The van der Waals surface area contributed by atoms with Crippen LogP contribution in [0.4, 0.5) is 10.1 Å². The summed E-state index contributed by atoms with van der Waals surface area (Å²) in [4.78, 5) is 23.6. The molecule has 0 aliphatic rings. The molecule has 2 rings (SSSR count). The van der Waals surface area contributed by atoms with E-state index in [1.54, 1.807) is 25.1 Å². The Labute approximate surface area is 165 Å². The van der Waals surface area contributed by atoms with Gasteiger partial charge in [0.15, 0.2) is 18.2 Å². The molecule has 0 bridgehead atoms. The molecule has 0 aliphatic carbocycles. The molecule has 142 valence electrons. The number of anilines is 1. The molecule has 1 amide bonds. The molecule has 0 fully saturated rings. The Bertz CT molecular complexity index is 900. The second-order valence-electron chi connectivity index (χ2n) is 5.44. The van der Waals surface area contributed by atoms with E-state index in [2.05, 4.69) is 5.32 Å². The lowest BCUT2D eigenvalue weighted by Crippen LogP contribution is -2.20. The maximum atomic E-state index is 13.6. The van der Waals surface area contributed by atoms with Crippen molar-refractivity contribution in [2.75, 3.05) is 19.0 Å². The van der Waals surface area contributed by atoms with Crippen LogP contribution < -0.4 is 10.1 Å². The van der Waals surface area contributed by atoms with E-state index in [0.717, 1.165) is 11.6 Å². The summed E-state index contributed by atoms with van der Waals surface area (Å²) in [6.45, 7) is 1.24. The predicted molar refractivity (Wildman–Crippen MR) is 103 cm³/mol. The van der Waals surface area contributed by atoms with Crippen molar-refractivity contribution in [1.29, 1.82) is 0 Å². The van der Waals surface area contributed by atoms with Crippen LogP contribution in [0.1, 0.15) is 11.1 Å². The molecule has 0 aromatic heterocycles. The van der Waals surface area contributed by atoms with Crippen molar-refractivity contribution in [3.8, 4) is 5.75 Å². The van der Waals surface area contributed by atoms with Crippen LogP contribution in [-0.2, 0) is 14.3 Å². The highest BCUT2D eigenvalue weighted by molar-refractivity contribution is 6.40. The second-order valence-corrected chi connectivity index (χ2v) is 6.22. The van der Waals surface area contributed by atoms with Crippen molar-refractivity contribution in [1.82, 2.24) is 0 Å². The molecular weight excluding hydrogens is 396 g/mol. The topological polar surface area (TPSA) is 64.6 Å². The van der Waals surface area contributed by atoms with Gasteiger partial charge in [-0.2, -0.15) is 0 Å². The number of aryl methyl sites for hydroxylation is 1. The summed E-state index contributed by atoms with van der Waals surface area (Å²) in [6.07, 6.45) is 2.44. The summed E-state index contributed by atoms with van der Waals surface area (Å²) in [6, 6.07) is 7.52. The number of rotatable bonds is 6. The van der Waals surface area contributed by atoms with E-state index in [1.165, 1.54) is 25.3 Å². The molecule has 0 radical (unpaired) electrons. The number of hydrogen-bond acceptors (Lipinski definition) is 4. The molecule has 8 heteroatoms. The number of methoxy groups -OCH3 is 1. The van der Waals surface area contributed by atoms with Crippen LogP contribution >= 0.6 is 23.2 Å². The zero-order valence-electron chi connectivity index (χ0n) is 14.5. The van der Waals surface area contributed by atoms with Gasteiger partial charge in [-0.15, -0.1) is 0 Å². The highest BCUT2D eigenvalue weighted by atomic mass is 35.5. The Morgan fingerprint density at radius 3 is 2.63 bits per heavy atom. The normalized spacial score (nSPS) is 10.7. The smallest absolute Gasteiger partial charge is 0.331 e. The van der Waals surface area contributed by atoms with Crippen molar-refractivity contribution in [3.05, 3.63) is 63.4 Å². The van der Waals surface area contributed by atoms with E-state index in [0.29, 0.717) is 10.6 Å². The van der Waals surface area contributed by atoms with Crippen LogP contribution in [0.25, 0.3) is 6.08 Å². The molecule has 0 spiro atoms. The first-order valence-electron chi connectivity index (χ1n) is 7.74. The highest BCUT2D eigenvalue weighted by Crippen LogP contribution is 2.32. The minimum absolute atomic E-state index is 0.0971. The molecule has 0 atom stereocenters. The van der Waals surface area contributed by atoms with E-state index in [1.807, 2.05) is 0 Å². The van der Waals surface area contributed by atoms with Crippen molar-refractivity contribution >= 4 is 46.8 Å². The van der Waals surface area contributed by atoms with Crippen LogP contribution in [0, 0.1) is 12.7 Å². The van der Waals surface area contributed by atoms with Gasteiger partial charge in [0, 0.05) is 6.08 Å². The highest BCUT2D eigenvalue weighted by Gasteiger charge is 2.13. The number of esters is 1. The molecule has 0 heterocycles. The Hall–Kier alpha value is -2.57. The fourth-order valence-electron chi connectivity index (χ4n) is 2.08. The van der Waals surface area contributed by atoms with Gasteiger partial charge in [0.1, 0.15) is 0 Å². The molecule has 0 unspecified atom stereocenters. The maximum Gasteiger partial charge on any atom is 0.331 e. The molecule has 1 N–H and O–H groups in total. The van der Waals surface area contributed by atoms with Crippen LogP contribution in [0.5, 0.6) is 5.75 Å². The van der Waals surface area contributed by atoms with Crippen molar-refractivity contribution < 1.29 is 23.5 Å². The Balaban J connectivity index is 1.91. The third-order valence-corrected chi connectivity index (χ3v) is 4.28. The number of carbonyl (C=O) groups is 2. The quantitative estimate of drug-likeness (QED) is 0.555. The average molecular weight is 412 g/mol. The fraction of sp³-hybridized carbons (Fsp3) is 0.158. The molecule has 0 aliphatic heterocycles. The number of amides is 1. The largest absolute Gasteiger partial charge is 0.494 e. The summed E-state index contributed by atoms with van der Waals surface area (Å²) >= 11 is 12.1. The van der Waals surface area contributed by atoms with Crippen LogP contribution in [-0.4, -0.2) is 25.6 Å². The Morgan fingerprint density at radius 2 is 1.96 bits per heavy atom. The first-order valence-corrected chi connectivity index (χ1v) is 8.50. The maximum absolute atomic E-state index is 13.6. The minimum atomic E-state index is -0.761. The van der Waals surface area contributed by atoms with Gasteiger partial charge in [-0.1, -0.05) is 35.3 Å². The van der Waals surface area contributed by atoms with Gasteiger partial charge in [-0.25, -0.2) is 9.18 Å². The third kappa shape index (κ3) is 5.70. The SMILES string of the molecule is COc1ccc(/C=C/C(=O)OCC(=O)Nc2c(Cl)ccc(C)c2Cl)cc1F. The number of hydrogen-bond donors (Lipinski definition) is 1. The molecular formula is C19H16Cl2FNO4. The Morgan fingerprint density at radius 1 is 1.22 bits per heavy atom. The number of benzene rings is 2. The average Bonchev–Trinajstić information content (AvgIpc) is 2.65. The van der Waals surface area contributed by atoms with Crippen molar-refractivity contribution in [2.24, 2.45) is 0 Å². The second kappa shape index (κ2) is 9.39. The minimum Gasteiger partial charge on any atom is -0.494 e. The van der Waals surface area contributed by atoms with Crippen molar-refractivity contribution in [3.63, 3.8) is 0 Å². The lowest BCUT2D eigenvalue weighted by molar-refractivity contribution is -0.142. The number of ether oxygens (including phenoxy) is 2. The van der Waals surface area contributed by atoms with Gasteiger partial charge in [-0.05, 0) is 42.3 Å². The molecule has 27 heavy (non-hydrogen) atoms. The lowest BCUT2D eigenvalue weighted by Gasteiger charge is -2.11. The summed E-state index contributed by atoms with van der Waals surface area (Å²) < 4.78 is 23.2.